The van der Waals surface area contributed by atoms with Gasteiger partial charge in [-0.2, -0.15) is 0 Å². The fourth-order valence-electron chi connectivity index (χ4n) is 4.24. The minimum Gasteiger partial charge on any atom is -0.398 e. The molecule has 1 heteroatoms. The summed E-state index contributed by atoms with van der Waals surface area (Å²) < 4.78 is 0. The molecule has 0 bridgehead atoms. The minimum atomic E-state index is 0.237. The first kappa shape index (κ1) is 16.2. The Kier molecular flexibility index (Phi) is 3.47. The van der Waals surface area contributed by atoms with E-state index in [4.69, 9.17) is 5.73 Å². The van der Waals surface area contributed by atoms with Crippen LogP contribution in [0.1, 0.15) is 51.7 Å². The Morgan fingerprint density at radius 3 is 1.96 bits per heavy atom. The summed E-state index contributed by atoms with van der Waals surface area (Å²) in [7, 11) is 0. The molecule has 0 unspecified atom stereocenters. The van der Waals surface area contributed by atoms with E-state index in [-0.39, 0.29) is 10.8 Å². The smallest absolute Gasteiger partial charge is 0.0393 e. The highest BCUT2D eigenvalue weighted by Gasteiger charge is 2.37. The number of anilines is 1. The summed E-state index contributed by atoms with van der Waals surface area (Å²) in [6.45, 7) is 9.52. The van der Waals surface area contributed by atoms with Crippen molar-refractivity contribution in [2.75, 3.05) is 5.73 Å². The number of para-hydroxylation sites is 1. The minimum absolute atomic E-state index is 0.237. The second kappa shape index (κ2) is 5.36. The third kappa shape index (κ3) is 2.63. The van der Waals surface area contributed by atoms with E-state index >= 15 is 0 Å². The van der Waals surface area contributed by atoms with Gasteiger partial charge >= 0.3 is 0 Å². The van der Waals surface area contributed by atoms with Crippen LogP contribution < -0.4 is 5.73 Å². The van der Waals surface area contributed by atoms with Crippen LogP contribution in [0.2, 0.25) is 0 Å². The van der Waals surface area contributed by atoms with Crippen LogP contribution in [-0.4, -0.2) is 0 Å². The molecule has 0 radical (unpaired) electrons. The van der Waals surface area contributed by atoms with Gasteiger partial charge in [0.2, 0.25) is 0 Å². The zero-order valence-corrected chi connectivity index (χ0v) is 15.7. The van der Waals surface area contributed by atoms with Crippen molar-refractivity contribution in [2.24, 2.45) is 0 Å². The number of nitrogen functional groups attached to an aromatic ring is 1. The molecule has 2 N–H and O–H groups in total. The fraction of sp³-hybridized carbons (Fsp3) is 0.333. The summed E-state index contributed by atoms with van der Waals surface area (Å²) in [6, 6.07) is 19.7. The van der Waals surface area contributed by atoms with E-state index in [1.165, 1.54) is 40.3 Å². The van der Waals surface area contributed by atoms with E-state index in [1.807, 2.05) is 18.2 Å². The number of rotatable bonds is 1. The molecule has 4 rings (SSSR count). The monoisotopic (exact) mass is 329 g/mol. The van der Waals surface area contributed by atoms with Crippen molar-refractivity contribution in [3.8, 4) is 11.1 Å². The SMILES string of the molecule is CC1(C)CCC(C)(C)c2cc3cc(-c4ccccc4N)ccc3cc21. The molecule has 3 aromatic rings. The Morgan fingerprint density at radius 1 is 0.720 bits per heavy atom. The van der Waals surface area contributed by atoms with Crippen LogP contribution in [0.4, 0.5) is 5.69 Å². The summed E-state index contributed by atoms with van der Waals surface area (Å²) in [5, 5.41) is 2.63. The molecule has 0 saturated carbocycles. The third-order valence-corrected chi connectivity index (χ3v) is 6.08. The molecular weight excluding hydrogens is 302 g/mol. The Hall–Kier alpha value is -2.28. The number of hydrogen-bond acceptors (Lipinski definition) is 1. The molecule has 0 heterocycles. The zero-order chi connectivity index (χ0) is 17.8. The van der Waals surface area contributed by atoms with Crippen LogP contribution >= 0.6 is 0 Å². The average Bonchev–Trinajstić information content (AvgIpc) is 2.58. The van der Waals surface area contributed by atoms with Gasteiger partial charge in [-0.3, -0.25) is 0 Å². The fourth-order valence-corrected chi connectivity index (χ4v) is 4.24. The molecule has 0 aromatic heterocycles. The van der Waals surface area contributed by atoms with E-state index in [9.17, 15) is 0 Å². The molecule has 1 aliphatic carbocycles. The van der Waals surface area contributed by atoms with Gasteiger partial charge in [-0.25, -0.2) is 0 Å². The lowest BCUT2D eigenvalue weighted by Crippen LogP contribution is -2.33. The van der Waals surface area contributed by atoms with Crippen LogP contribution in [-0.2, 0) is 10.8 Å². The number of benzene rings is 3. The quantitative estimate of drug-likeness (QED) is 0.511. The first-order chi connectivity index (χ1) is 11.8. The highest BCUT2D eigenvalue weighted by Crippen LogP contribution is 2.47. The van der Waals surface area contributed by atoms with E-state index in [0.29, 0.717) is 0 Å². The zero-order valence-electron chi connectivity index (χ0n) is 15.7. The van der Waals surface area contributed by atoms with Gasteiger partial charge in [-0.05, 0) is 63.3 Å². The lowest BCUT2D eigenvalue weighted by molar-refractivity contribution is 0.332. The van der Waals surface area contributed by atoms with Crippen LogP contribution in [0.3, 0.4) is 0 Å². The first-order valence-electron chi connectivity index (χ1n) is 9.22. The molecule has 0 spiro atoms. The molecular formula is C24H27N. The highest BCUT2D eigenvalue weighted by atomic mass is 14.6. The topological polar surface area (TPSA) is 26.0 Å². The van der Waals surface area contributed by atoms with Gasteiger partial charge in [0.05, 0.1) is 0 Å². The molecule has 0 saturated heterocycles. The number of fused-ring (bicyclic) bond motifs is 2. The van der Waals surface area contributed by atoms with E-state index < -0.39 is 0 Å². The van der Waals surface area contributed by atoms with Crippen LogP contribution in [0.25, 0.3) is 21.9 Å². The van der Waals surface area contributed by atoms with E-state index in [0.717, 1.165) is 11.3 Å². The van der Waals surface area contributed by atoms with Crippen molar-refractivity contribution >= 4 is 16.5 Å². The van der Waals surface area contributed by atoms with Gasteiger partial charge < -0.3 is 5.73 Å². The molecule has 25 heavy (non-hydrogen) atoms. The molecule has 3 aromatic carbocycles. The van der Waals surface area contributed by atoms with Crippen LogP contribution in [0, 0.1) is 0 Å². The van der Waals surface area contributed by atoms with Crippen molar-refractivity contribution in [1.29, 1.82) is 0 Å². The number of nitrogens with two attached hydrogens (primary N) is 1. The average molecular weight is 329 g/mol. The summed E-state index contributed by atoms with van der Waals surface area (Å²) in [5.74, 6) is 0. The Balaban J connectivity index is 1.94. The molecule has 1 nitrogen and oxygen atoms in total. The van der Waals surface area contributed by atoms with E-state index in [2.05, 4.69) is 64.1 Å². The van der Waals surface area contributed by atoms with Crippen molar-refractivity contribution in [1.82, 2.24) is 0 Å². The Morgan fingerprint density at radius 2 is 1.32 bits per heavy atom. The maximum Gasteiger partial charge on any atom is 0.0393 e. The predicted octanol–water partition coefficient (Wildman–Crippen LogP) is 6.44. The first-order valence-corrected chi connectivity index (χ1v) is 9.22. The Labute approximate surface area is 150 Å². The largest absolute Gasteiger partial charge is 0.398 e. The van der Waals surface area contributed by atoms with Crippen LogP contribution in [0.5, 0.6) is 0 Å². The van der Waals surface area contributed by atoms with Crippen molar-refractivity contribution in [2.45, 2.75) is 51.4 Å². The standard InChI is InChI=1S/C24H27N/c1-23(2)11-12-24(3,4)21-15-18-13-17(10-9-16(18)14-20(21)23)19-7-5-6-8-22(19)25/h5-10,13-15H,11-12,25H2,1-4H3. The summed E-state index contributed by atoms with van der Waals surface area (Å²) in [6.07, 6.45) is 2.49. The maximum absolute atomic E-state index is 6.19. The molecule has 0 aliphatic heterocycles. The molecule has 128 valence electrons. The van der Waals surface area contributed by atoms with Crippen LogP contribution in [0.15, 0.2) is 54.6 Å². The summed E-state index contributed by atoms with van der Waals surface area (Å²) in [5.41, 5.74) is 12.8. The summed E-state index contributed by atoms with van der Waals surface area (Å²) >= 11 is 0. The van der Waals surface area contributed by atoms with Crippen molar-refractivity contribution in [3.05, 3.63) is 65.7 Å². The highest BCUT2D eigenvalue weighted by molar-refractivity contribution is 5.91. The molecule has 1 aliphatic rings. The third-order valence-electron chi connectivity index (χ3n) is 6.08. The lowest BCUT2D eigenvalue weighted by atomic mass is 9.63. The molecule has 0 fully saturated rings. The second-order valence-corrected chi connectivity index (χ2v) is 8.81. The van der Waals surface area contributed by atoms with Gasteiger partial charge in [0.15, 0.2) is 0 Å². The van der Waals surface area contributed by atoms with Gasteiger partial charge in [-0.1, -0.05) is 70.2 Å². The maximum atomic E-state index is 6.19. The lowest BCUT2D eigenvalue weighted by Gasteiger charge is -2.42. The Bertz CT molecular complexity index is 963. The van der Waals surface area contributed by atoms with Gasteiger partial charge in [0.25, 0.3) is 0 Å². The molecule has 0 atom stereocenters. The van der Waals surface area contributed by atoms with Gasteiger partial charge in [0, 0.05) is 11.3 Å². The molecule has 0 amide bonds. The van der Waals surface area contributed by atoms with Gasteiger partial charge in [0.1, 0.15) is 0 Å². The van der Waals surface area contributed by atoms with E-state index in [1.54, 1.807) is 0 Å². The van der Waals surface area contributed by atoms with Crippen molar-refractivity contribution < 1.29 is 0 Å². The number of hydrogen-bond donors (Lipinski definition) is 1. The summed E-state index contributed by atoms with van der Waals surface area (Å²) in [4.78, 5) is 0. The predicted molar refractivity (Wildman–Crippen MR) is 109 cm³/mol. The second-order valence-electron chi connectivity index (χ2n) is 8.81. The van der Waals surface area contributed by atoms with Gasteiger partial charge in [-0.15, -0.1) is 0 Å². The normalized spacial score (nSPS) is 18.1. The van der Waals surface area contributed by atoms with Crippen molar-refractivity contribution in [3.63, 3.8) is 0 Å².